The maximum Gasteiger partial charge on any atom is 0.0212 e. The minimum absolute atomic E-state index is 0.569. The smallest absolute Gasteiger partial charge is 0.0212 e. The highest BCUT2D eigenvalue weighted by atomic mass is 15.1. The molecular formula is C10H24N2. The molecule has 0 rings (SSSR count). The Kier molecular flexibility index (Phi) is 6.39. The van der Waals surface area contributed by atoms with Crippen LogP contribution in [-0.2, 0) is 0 Å². The van der Waals surface area contributed by atoms with Gasteiger partial charge in [0.05, 0.1) is 0 Å². The van der Waals surface area contributed by atoms with Crippen LogP contribution in [-0.4, -0.2) is 31.1 Å². The van der Waals surface area contributed by atoms with Gasteiger partial charge in [0, 0.05) is 19.1 Å². The van der Waals surface area contributed by atoms with Gasteiger partial charge in [-0.2, -0.15) is 0 Å². The first kappa shape index (κ1) is 11.9. The van der Waals surface area contributed by atoms with Crippen LogP contribution in [0, 0.1) is 5.92 Å². The molecule has 0 aromatic heterocycles. The molecule has 0 aliphatic carbocycles. The van der Waals surface area contributed by atoms with Crippen molar-refractivity contribution in [2.45, 2.75) is 39.7 Å². The first-order valence-corrected chi connectivity index (χ1v) is 5.05. The topological polar surface area (TPSA) is 29.3 Å². The minimum Gasteiger partial charge on any atom is -0.329 e. The molecule has 0 saturated heterocycles. The second-order valence-corrected chi connectivity index (χ2v) is 3.75. The molecule has 2 atom stereocenters. The van der Waals surface area contributed by atoms with Crippen LogP contribution in [0.15, 0.2) is 0 Å². The average molecular weight is 172 g/mol. The van der Waals surface area contributed by atoms with Crippen LogP contribution >= 0.6 is 0 Å². The largest absolute Gasteiger partial charge is 0.329 e. The zero-order valence-corrected chi connectivity index (χ0v) is 9.01. The Hall–Kier alpha value is -0.0800. The zero-order valence-electron chi connectivity index (χ0n) is 9.01. The second kappa shape index (κ2) is 6.44. The summed E-state index contributed by atoms with van der Waals surface area (Å²) < 4.78 is 0. The monoisotopic (exact) mass is 172 g/mol. The van der Waals surface area contributed by atoms with Gasteiger partial charge in [-0.1, -0.05) is 27.2 Å². The molecule has 0 aliphatic rings. The summed E-state index contributed by atoms with van der Waals surface area (Å²) in [7, 11) is 2.17. The lowest BCUT2D eigenvalue weighted by Crippen LogP contribution is -2.39. The predicted octanol–water partition coefficient (Wildman–Crippen LogP) is 1.70. The summed E-state index contributed by atoms with van der Waals surface area (Å²) in [4.78, 5) is 2.38. The van der Waals surface area contributed by atoms with Crippen molar-refractivity contribution in [3.63, 3.8) is 0 Å². The molecule has 2 N–H and O–H groups in total. The van der Waals surface area contributed by atoms with Gasteiger partial charge in [0.15, 0.2) is 0 Å². The Bertz CT molecular complexity index is 100. The van der Waals surface area contributed by atoms with E-state index in [1.54, 1.807) is 0 Å². The molecule has 0 amide bonds. The molecule has 12 heavy (non-hydrogen) atoms. The van der Waals surface area contributed by atoms with Gasteiger partial charge in [-0.05, 0) is 19.4 Å². The second-order valence-electron chi connectivity index (χ2n) is 3.75. The van der Waals surface area contributed by atoms with Crippen LogP contribution in [0.25, 0.3) is 0 Å². The van der Waals surface area contributed by atoms with E-state index >= 15 is 0 Å². The van der Waals surface area contributed by atoms with E-state index < -0.39 is 0 Å². The summed E-state index contributed by atoms with van der Waals surface area (Å²) in [6.07, 6.45) is 2.41. The maximum atomic E-state index is 5.66. The number of hydrogen-bond acceptors (Lipinski definition) is 2. The van der Waals surface area contributed by atoms with Gasteiger partial charge in [0.2, 0.25) is 0 Å². The molecule has 2 heteroatoms. The lowest BCUT2D eigenvalue weighted by molar-refractivity contribution is 0.208. The Balaban J connectivity index is 3.75. The quantitative estimate of drug-likeness (QED) is 0.661. The van der Waals surface area contributed by atoms with E-state index in [0.29, 0.717) is 6.04 Å². The number of nitrogens with zero attached hydrogens (tertiary/aromatic N) is 1. The Labute approximate surface area is 77.1 Å². The summed E-state index contributed by atoms with van der Waals surface area (Å²) in [5.41, 5.74) is 5.66. The maximum absolute atomic E-state index is 5.66. The van der Waals surface area contributed by atoms with Crippen molar-refractivity contribution >= 4 is 0 Å². The van der Waals surface area contributed by atoms with Crippen LogP contribution in [0.4, 0.5) is 0 Å². The predicted molar refractivity (Wildman–Crippen MR) is 55.2 cm³/mol. The molecule has 0 aromatic carbocycles. The molecule has 0 bridgehead atoms. The summed E-state index contributed by atoms with van der Waals surface area (Å²) in [5, 5.41) is 0. The average Bonchev–Trinajstić information content (AvgIpc) is 2.06. The summed E-state index contributed by atoms with van der Waals surface area (Å²) in [6.45, 7) is 8.68. The molecule has 2 unspecified atom stereocenters. The molecule has 74 valence electrons. The third kappa shape index (κ3) is 4.07. The minimum atomic E-state index is 0.569. The van der Waals surface area contributed by atoms with Gasteiger partial charge >= 0.3 is 0 Å². The molecule has 0 aliphatic heterocycles. The van der Waals surface area contributed by atoms with Crippen molar-refractivity contribution in [2.75, 3.05) is 20.1 Å². The number of hydrogen-bond donors (Lipinski definition) is 1. The van der Waals surface area contributed by atoms with E-state index in [1.165, 1.54) is 13.0 Å². The number of likely N-dealkylation sites (N-methyl/N-ethyl adjacent to an activating group) is 1. The fourth-order valence-corrected chi connectivity index (χ4v) is 1.43. The highest BCUT2D eigenvalue weighted by Crippen LogP contribution is 2.07. The number of rotatable bonds is 6. The van der Waals surface area contributed by atoms with E-state index in [0.717, 1.165) is 18.9 Å². The molecule has 0 saturated carbocycles. The van der Waals surface area contributed by atoms with E-state index in [2.05, 4.69) is 32.7 Å². The van der Waals surface area contributed by atoms with Crippen LogP contribution in [0.3, 0.4) is 0 Å². The summed E-state index contributed by atoms with van der Waals surface area (Å²) in [6, 6.07) is 0.569. The Morgan fingerprint density at radius 2 is 1.83 bits per heavy atom. The number of nitrogens with two attached hydrogens (primary N) is 1. The van der Waals surface area contributed by atoms with Gasteiger partial charge < -0.3 is 10.6 Å². The Morgan fingerprint density at radius 3 is 2.17 bits per heavy atom. The Morgan fingerprint density at radius 1 is 1.25 bits per heavy atom. The molecule has 0 aromatic rings. The van der Waals surface area contributed by atoms with Gasteiger partial charge in [-0.3, -0.25) is 0 Å². The third-order valence-corrected chi connectivity index (χ3v) is 2.66. The first-order valence-electron chi connectivity index (χ1n) is 5.05. The van der Waals surface area contributed by atoms with E-state index in [-0.39, 0.29) is 0 Å². The van der Waals surface area contributed by atoms with E-state index in [9.17, 15) is 0 Å². The SMILES string of the molecule is CCC(C)CN(C)C(CC)CN. The van der Waals surface area contributed by atoms with Gasteiger partial charge in [0.25, 0.3) is 0 Å². The van der Waals surface area contributed by atoms with Crippen LogP contribution in [0.2, 0.25) is 0 Å². The molecule has 0 spiro atoms. The lowest BCUT2D eigenvalue weighted by atomic mass is 10.1. The van der Waals surface area contributed by atoms with Crippen LogP contribution in [0.5, 0.6) is 0 Å². The van der Waals surface area contributed by atoms with Crippen molar-refractivity contribution in [1.82, 2.24) is 4.90 Å². The third-order valence-electron chi connectivity index (χ3n) is 2.66. The first-order chi connectivity index (χ1) is 5.65. The van der Waals surface area contributed by atoms with Gasteiger partial charge in [-0.15, -0.1) is 0 Å². The van der Waals surface area contributed by atoms with Crippen molar-refractivity contribution < 1.29 is 0 Å². The van der Waals surface area contributed by atoms with E-state index in [4.69, 9.17) is 5.73 Å². The molecule has 0 fully saturated rings. The van der Waals surface area contributed by atoms with Crippen molar-refractivity contribution in [1.29, 1.82) is 0 Å². The van der Waals surface area contributed by atoms with Gasteiger partial charge in [0.1, 0.15) is 0 Å². The summed E-state index contributed by atoms with van der Waals surface area (Å²) in [5.74, 6) is 0.788. The fraction of sp³-hybridized carbons (Fsp3) is 1.00. The van der Waals surface area contributed by atoms with Gasteiger partial charge in [-0.25, -0.2) is 0 Å². The molecule has 2 nitrogen and oxygen atoms in total. The highest BCUT2D eigenvalue weighted by molar-refractivity contribution is 4.69. The molecule has 0 radical (unpaired) electrons. The van der Waals surface area contributed by atoms with Crippen molar-refractivity contribution in [3.05, 3.63) is 0 Å². The lowest BCUT2D eigenvalue weighted by Gasteiger charge is -2.28. The van der Waals surface area contributed by atoms with Crippen molar-refractivity contribution in [2.24, 2.45) is 11.7 Å². The zero-order chi connectivity index (χ0) is 9.56. The standard InChI is InChI=1S/C10H24N2/c1-5-9(3)8-12(4)10(6-2)7-11/h9-10H,5-8,11H2,1-4H3. The van der Waals surface area contributed by atoms with Crippen LogP contribution < -0.4 is 5.73 Å². The summed E-state index contributed by atoms with van der Waals surface area (Å²) >= 11 is 0. The molecular weight excluding hydrogens is 148 g/mol. The van der Waals surface area contributed by atoms with E-state index in [1.807, 2.05) is 0 Å². The van der Waals surface area contributed by atoms with Crippen molar-refractivity contribution in [3.8, 4) is 0 Å². The normalized spacial score (nSPS) is 16.5. The highest BCUT2D eigenvalue weighted by Gasteiger charge is 2.12. The molecule has 0 heterocycles. The van der Waals surface area contributed by atoms with Crippen LogP contribution in [0.1, 0.15) is 33.6 Å². The fourth-order valence-electron chi connectivity index (χ4n) is 1.43.